The molecule has 0 radical (unpaired) electrons. The van der Waals surface area contributed by atoms with Gasteiger partial charge in [-0.25, -0.2) is 4.99 Å². The third-order valence-electron chi connectivity index (χ3n) is 7.91. The van der Waals surface area contributed by atoms with Gasteiger partial charge in [0.15, 0.2) is 5.84 Å². The zero-order valence-electron chi connectivity index (χ0n) is 27.1. The second-order valence-electron chi connectivity index (χ2n) is 12.2. The number of hydrogen-bond donors (Lipinski definition) is 3. The molecule has 1 aromatic rings. The Balaban J connectivity index is 1.99. The second-order valence-corrected chi connectivity index (χ2v) is 18.1. The molecule has 2 heterocycles. The number of aliphatic imine (C=N–C) groups is 2. The minimum Gasteiger partial charge on any atom is -0.344 e. The van der Waals surface area contributed by atoms with E-state index in [9.17, 15) is 34.4 Å². The second kappa shape index (κ2) is 15.2. The Kier molecular flexibility index (Phi) is 12.7. The first-order chi connectivity index (χ1) is 22.0. The largest absolute Gasteiger partial charge is 0.344 e. The molecule has 48 heavy (non-hydrogen) atoms. The maximum atomic E-state index is 11.9. The van der Waals surface area contributed by atoms with E-state index >= 15 is 0 Å². The van der Waals surface area contributed by atoms with Crippen molar-refractivity contribution in [2.75, 3.05) is 29.5 Å². The van der Waals surface area contributed by atoms with Crippen molar-refractivity contribution in [1.29, 1.82) is 0 Å². The lowest BCUT2D eigenvalue weighted by Crippen LogP contribution is -2.28. The number of rotatable bonds is 13. The lowest BCUT2D eigenvalue weighted by atomic mass is 9.81. The van der Waals surface area contributed by atoms with Gasteiger partial charge in [-0.2, -0.15) is 25.3 Å². The minimum atomic E-state index is -4.47. The van der Waals surface area contributed by atoms with Gasteiger partial charge in [0.2, 0.25) is 0 Å². The highest BCUT2D eigenvalue weighted by Crippen LogP contribution is 2.48. The van der Waals surface area contributed by atoms with Crippen LogP contribution in [-0.2, 0) is 35.8 Å². The summed E-state index contributed by atoms with van der Waals surface area (Å²) in [6.45, 7) is 9.77. The Morgan fingerprint density at radius 3 is 2.21 bits per heavy atom. The predicted octanol–water partition coefficient (Wildman–Crippen LogP) is 6.25. The van der Waals surface area contributed by atoms with Crippen LogP contribution >= 0.6 is 27.5 Å². The van der Waals surface area contributed by atoms with E-state index in [1.807, 2.05) is 38.7 Å². The van der Waals surface area contributed by atoms with Crippen LogP contribution in [0.3, 0.4) is 0 Å². The fourth-order valence-corrected chi connectivity index (χ4v) is 7.20. The highest BCUT2D eigenvalue weighted by Gasteiger charge is 2.41. The Morgan fingerprint density at radius 1 is 1.00 bits per heavy atom. The molecule has 3 N–H and O–H groups in total. The molecule has 0 fully saturated rings. The van der Waals surface area contributed by atoms with E-state index < -0.39 is 52.7 Å². The van der Waals surface area contributed by atoms with E-state index in [0.717, 1.165) is 11.3 Å². The molecule has 0 atom stereocenters. The summed E-state index contributed by atoms with van der Waals surface area (Å²) in [5.74, 6) is -0.489. The van der Waals surface area contributed by atoms with Gasteiger partial charge in [-0.1, -0.05) is 61.3 Å². The maximum Gasteiger partial charge on any atom is 0.294 e. The highest BCUT2D eigenvalue weighted by molar-refractivity contribution is 9.11. The molecule has 264 valence electrons. The standard InChI is InChI=1S/C31H39BrClN3O9S3/c1-6-22(33)19-25-29(34-15-7-17-46(37,38)39)35-27(30(25,2)3)13-9-21(32)10-14-28-31(4,5)24-20-23(48(43,44)45)11-12-26(24)36(28)16-8-18-47(40,41)42/h6,9-14,19-20H,7-8,15-18H2,1-5H3,(H,37,38,39)(H,40,41,42)(H,43,44,45)/b13-9+,21-10-,22-6+,25-19?,28-14+,34-29?. The van der Waals surface area contributed by atoms with Gasteiger partial charge >= 0.3 is 0 Å². The summed E-state index contributed by atoms with van der Waals surface area (Å²) >= 11 is 9.89. The molecule has 0 spiro atoms. The van der Waals surface area contributed by atoms with Crippen LogP contribution in [0.2, 0.25) is 0 Å². The molecule has 0 unspecified atom stereocenters. The molecular formula is C31H39BrClN3O9S3. The molecule has 0 bridgehead atoms. The van der Waals surface area contributed by atoms with E-state index in [1.54, 1.807) is 43.4 Å². The summed E-state index contributed by atoms with van der Waals surface area (Å²) in [4.78, 5) is 10.8. The van der Waals surface area contributed by atoms with Crippen LogP contribution < -0.4 is 4.90 Å². The summed E-state index contributed by atoms with van der Waals surface area (Å²) in [5, 5.41) is 0.474. The molecule has 12 nitrogen and oxygen atoms in total. The summed E-state index contributed by atoms with van der Waals surface area (Å²) in [5.41, 5.74) is 1.96. The molecule has 2 aliphatic rings. The fraction of sp³-hybridized carbons (Fsp3) is 0.419. The minimum absolute atomic E-state index is 0.0955. The van der Waals surface area contributed by atoms with E-state index in [2.05, 4.69) is 20.9 Å². The number of halogens is 2. The Hall–Kier alpha value is -2.44. The first kappa shape index (κ1) is 40.0. The average Bonchev–Trinajstić information content (AvgIpc) is 3.31. The van der Waals surface area contributed by atoms with Crippen LogP contribution in [0.15, 0.2) is 90.3 Å². The topological polar surface area (TPSA) is 191 Å². The lowest BCUT2D eigenvalue weighted by molar-refractivity contribution is 0.479. The normalized spacial score (nSPS) is 21.2. The first-order valence-corrected chi connectivity index (χ1v) is 20.5. The summed E-state index contributed by atoms with van der Waals surface area (Å²) in [7, 11) is -12.8. The molecule has 0 saturated heterocycles. The summed E-state index contributed by atoms with van der Waals surface area (Å²) in [6.07, 6.45) is 10.9. The molecule has 3 rings (SSSR count). The van der Waals surface area contributed by atoms with Crippen LogP contribution in [0.25, 0.3) is 0 Å². The van der Waals surface area contributed by atoms with Gasteiger partial charge in [0, 0.05) is 50.4 Å². The fourth-order valence-electron chi connectivity index (χ4n) is 5.33. The number of allylic oxidation sites excluding steroid dienone is 9. The van der Waals surface area contributed by atoms with Crippen LogP contribution in [0, 0.1) is 5.41 Å². The van der Waals surface area contributed by atoms with Gasteiger partial charge in [0.05, 0.1) is 22.1 Å². The van der Waals surface area contributed by atoms with Crippen molar-refractivity contribution in [3.8, 4) is 0 Å². The molecule has 17 heteroatoms. The van der Waals surface area contributed by atoms with Crippen molar-refractivity contribution in [3.05, 3.63) is 81.0 Å². The van der Waals surface area contributed by atoms with Crippen LogP contribution in [-0.4, -0.2) is 75.1 Å². The molecular weight excluding hydrogens is 770 g/mol. The van der Waals surface area contributed by atoms with Gasteiger partial charge in [0.1, 0.15) is 0 Å². The Labute approximate surface area is 296 Å². The van der Waals surface area contributed by atoms with Crippen molar-refractivity contribution in [3.63, 3.8) is 0 Å². The number of amidine groups is 1. The molecule has 0 amide bonds. The molecule has 1 aromatic carbocycles. The molecule has 2 aliphatic heterocycles. The predicted molar refractivity (Wildman–Crippen MR) is 194 cm³/mol. The third-order valence-corrected chi connectivity index (χ3v) is 11.2. The van der Waals surface area contributed by atoms with E-state index in [-0.39, 0.29) is 30.8 Å². The van der Waals surface area contributed by atoms with Crippen LogP contribution in [0.4, 0.5) is 5.69 Å². The smallest absolute Gasteiger partial charge is 0.294 e. The number of anilines is 1. The Bertz CT molecular complexity index is 1990. The van der Waals surface area contributed by atoms with Gasteiger partial charge in [-0.3, -0.25) is 18.7 Å². The van der Waals surface area contributed by atoms with Gasteiger partial charge in [0.25, 0.3) is 30.4 Å². The van der Waals surface area contributed by atoms with Crippen molar-refractivity contribution in [2.45, 2.75) is 57.8 Å². The maximum absolute atomic E-state index is 11.9. The lowest BCUT2D eigenvalue weighted by Gasteiger charge is -2.27. The van der Waals surface area contributed by atoms with Crippen molar-refractivity contribution >= 4 is 75.1 Å². The molecule has 0 aliphatic carbocycles. The van der Waals surface area contributed by atoms with Crippen molar-refractivity contribution in [2.24, 2.45) is 15.4 Å². The monoisotopic (exact) mass is 807 g/mol. The highest BCUT2D eigenvalue weighted by atomic mass is 79.9. The van der Waals surface area contributed by atoms with E-state index in [4.69, 9.17) is 21.1 Å². The van der Waals surface area contributed by atoms with Crippen LogP contribution in [0.1, 0.15) is 53.0 Å². The van der Waals surface area contributed by atoms with Gasteiger partial charge < -0.3 is 4.90 Å². The molecule has 0 aromatic heterocycles. The average molecular weight is 809 g/mol. The number of benzene rings is 1. The quantitative estimate of drug-likeness (QED) is 0.117. The zero-order chi connectivity index (χ0) is 36.3. The molecule has 0 saturated carbocycles. The van der Waals surface area contributed by atoms with Gasteiger partial charge in [-0.05, 0) is 73.9 Å². The Morgan fingerprint density at radius 2 is 1.62 bits per heavy atom. The summed E-state index contributed by atoms with van der Waals surface area (Å²) in [6, 6.07) is 4.23. The zero-order valence-corrected chi connectivity index (χ0v) is 31.8. The third kappa shape index (κ3) is 10.3. The van der Waals surface area contributed by atoms with E-state index in [0.29, 0.717) is 32.3 Å². The van der Waals surface area contributed by atoms with Crippen molar-refractivity contribution in [1.82, 2.24) is 0 Å². The number of hydrogen-bond acceptors (Lipinski definition) is 8. The first-order valence-electron chi connectivity index (χ1n) is 14.7. The van der Waals surface area contributed by atoms with Crippen molar-refractivity contribution < 1.29 is 38.9 Å². The van der Waals surface area contributed by atoms with Crippen LogP contribution in [0.5, 0.6) is 0 Å². The number of nitrogens with zero attached hydrogens (tertiary/aromatic N) is 3. The van der Waals surface area contributed by atoms with Gasteiger partial charge in [-0.15, -0.1) is 0 Å². The van der Waals surface area contributed by atoms with E-state index in [1.165, 1.54) is 12.1 Å². The SMILES string of the molecule is C/C=C(/Cl)C=C1C(=NCCCS(=O)(=O)O)N=C(/C=C/C(Br)=C/C=C2/N(CCCS(=O)(=O)O)c3ccc(S(=O)(=O)O)cc3C2(C)C)C1(C)C. The summed E-state index contributed by atoms with van der Waals surface area (Å²) < 4.78 is 97.4. The number of fused-ring (bicyclic) bond motifs is 1.